The van der Waals surface area contributed by atoms with Crippen LogP contribution in [0.15, 0.2) is 38.6 Å². The third-order valence-corrected chi connectivity index (χ3v) is 4.40. The lowest BCUT2D eigenvalue weighted by atomic mass is 10.1. The molecule has 0 amide bonds. The molecule has 2 rings (SSSR count). The zero-order valence-corrected chi connectivity index (χ0v) is 10.5. The van der Waals surface area contributed by atoms with Crippen molar-refractivity contribution in [2.45, 2.75) is 0 Å². The van der Waals surface area contributed by atoms with Crippen LogP contribution in [0.2, 0.25) is 0 Å². The first-order chi connectivity index (χ1) is 6.29. The fraction of sp³-hybridized carbons (Fsp3) is 0. The second-order valence-electron chi connectivity index (χ2n) is 2.55. The molecule has 0 spiro atoms. The molecule has 0 aliphatic heterocycles. The van der Waals surface area contributed by atoms with E-state index in [9.17, 15) is 0 Å². The largest absolute Gasteiger partial charge is 0.142 e. The van der Waals surface area contributed by atoms with Gasteiger partial charge in [-0.25, -0.2) is 0 Å². The average molecular weight is 317 g/mol. The fourth-order valence-electron chi connectivity index (χ4n) is 1.10. The maximum atomic E-state index is 3.55. The highest BCUT2D eigenvalue weighted by atomic mass is 79.9. The molecule has 0 fully saturated rings. The van der Waals surface area contributed by atoms with Crippen LogP contribution in [0.4, 0.5) is 0 Å². The van der Waals surface area contributed by atoms with Crippen LogP contribution in [0.5, 0.6) is 0 Å². The summed E-state index contributed by atoms with van der Waals surface area (Å²) in [5.41, 5.74) is 2.41. The van der Waals surface area contributed by atoms with Crippen molar-refractivity contribution in [2.24, 2.45) is 0 Å². The maximum Gasteiger partial charge on any atom is 0.0449 e. The van der Waals surface area contributed by atoms with Crippen LogP contribution in [0, 0.1) is 5.38 Å². The molecule has 65 valence electrons. The third-order valence-electron chi connectivity index (χ3n) is 1.73. The van der Waals surface area contributed by atoms with E-state index < -0.39 is 0 Å². The van der Waals surface area contributed by atoms with Gasteiger partial charge >= 0.3 is 0 Å². The summed E-state index contributed by atoms with van der Waals surface area (Å²) in [7, 11) is 0. The molecule has 0 aliphatic carbocycles. The van der Waals surface area contributed by atoms with E-state index in [1.807, 2.05) is 18.2 Å². The fourth-order valence-corrected chi connectivity index (χ4v) is 2.54. The van der Waals surface area contributed by atoms with Gasteiger partial charge in [-0.05, 0) is 60.5 Å². The summed E-state index contributed by atoms with van der Waals surface area (Å²) in [5.74, 6) is 0. The van der Waals surface area contributed by atoms with E-state index in [1.165, 1.54) is 11.1 Å². The van der Waals surface area contributed by atoms with Gasteiger partial charge in [0, 0.05) is 14.3 Å². The molecule has 0 bridgehead atoms. The molecule has 1 aromatic carbocycles. The molecule has 0 saturated carbocycles. The minimum Gasteiger partial charge on any atom is -0.142 e. The molecular formula is C10H5Br2S. The quantitative estimate of drug-likeness (QED) is 0.713. The molecule has 13 heavy (non-hydrogen) atoms. The maximum absolute atomic E-state index is 3.55. The number of benzene rings is 1. The Morgan fingerprint density at radius 3 is 2.77 bits per heavy atom. The highest BCUT2D eigenvalue weighted by molar-refractivity contribution is 9.13. The Balaban J connectivity index is 2.59. The number of halogens is 2. The summed E-state index contributed by atoms with van der Waals surface area (Å²) in [5, 5.41) is 5.17. The summed E-state index contributed by atoms with van der Waals surface area (Å²) in [6.45, 7) is 0. The zero-order chi connectivity index (χ0) is 9.26. The Labute approximate surface area is 97.9 Å². The van der Waals surface area contributed by atoms with Gasteiger partial charge in [-0.2, -0.15) is 0 Å². The van der Waals surface area contributed by atoms with Gasteiger partial charge in [0.2, 0.25) is 0 Å². The highest BCUT2D eigenvalue weighted by Crippen LogP contribution is 2.34. The SMILES string of the molecule is Brc1cccc(-c2c[c]sc2)c1Br. The number of thiophene rings is 1. The normalized spacial score (nSPS) is 10.3. The summed E-state index contributed by atoms with van der Waals surface area (Å²) in [6, 6.07) is 8.13. The van der Waals surface area contributed by atoms with E-state index in [2.05, 4.69) is 48.7 Å². The molecule has 1 radical (unpaired) electrons. The lowest BCUT2D eigenvalue weighted by molar-refractivity contribution is 1.57. The summed E-state index contributed by atoms with van der Waals surface area (Å²) in [6.07, 6.45) is 0. The number of hydrogen-bond acceptors (Lipinski definition) is 1. The van der Waals surface area contributed by atoms with E-state index in [0.29, 0.717) is 0 Å². The van der Waals surface area contributed by atoms with E-state index in [4.69, 9.17) is 0 Å². The predicted octanol–water partition coefficient (Wildman–Crippen LogP) is 4.74. The van der Waals surface area contributed by atoms with Gasteiger partial charge in [0.1, 0.15) is 0 Å². The molecule has 0 N–H and O–H groups in total. The van der Waals surface area contributed by atoms with Crippen molar-refractivity contribution in [1.29, 1.82) is 0 Å². The first-order valence-corrected chi connectivity index (χ1v) is 6.14. The molecule has 1 heterocycles. The molecular weight excluding hydrogens is 312 g/mol. The zero-order valence-electron chi connectivity index (χ0n) is 6.55. The van der Waals surface area contributed by atoms with Gasteiger partial charge in [0.05, 0.1) is 0 Å². The number of hydrogen-bond donors (Lipinski definition) is 0. The standard InChI is InChI=1S/C10H5Br2S/c11-9-3-1-2-8(10(9)12)7-4-5-13-6-7/h1-4,6H. The van der Waals surface area contributed by atoms with Gasteiger partial charge in [0.25, 0.3) is 0 Å². The molecule has 0 saturated heterocycles. The van der Waals surface area contributed by atoms with Crippen molar-refractivity contribution in [3.8, 4) is 11.1 Å². The second-order valence-corrected chi connectivity index (χ2v) is 4.91. The first kappa shape index (κ1) is 9.44. The van der Waals surface area contributed by atoms with E-state index in [-0.39, 0.29) is 0 Å². The Morgan fingerprint density at radius 1 is 1.23 bits per heavy atom. The van der Waals surface area contributed by atoms with Gasteiger partial charge < -0.3 is 0 Å². The lowest BCUT2D eigenvalue weighted by Crippen LogP contribution is -1.77. The molecule has 3 heteroatoms. The lowest BCUT2D eigenvalue weighted by Gasteiger charge is -2.02. The smallest absolute Gasteiger partial charge is 0.0449 e. The monoisotopic (exact) mass is 315 g/mol. The van der Waals surface area contributed by atoms with Crippen LogP contribution < -0.4 is 0 Å². The van der Waals surface area contributed by atoms with E-state index >= 15 is 0 Å². The summed E-state index contributed by atoms with van der Waals surface area (Å²) in [4.78, 5) is 0. The molecule has 0 nitrogen and oxygen atoms in total. The Bertz CT molecular complexity index is 407. The topological polar surface area (TPSA) is 0 Å². The Kier molecular flexibility index (Phi) is 2.86. The van der Waals surface area contributed by atoms with E-state index in [0.717, 1.165) is 8.95 Å². The Morgan fingerprint density at radius 2 is 2.08 bits per heavy atom. The van der Waals surface area contributed by atoms with Gasteiger partial charge in [-0.3, -0.25) is 0 Å². The minimum absolute atomic E-state index is 1.08. The predicted molar refractivity (Wildman–Crippen MR) is 64.0 cm³/mol. The van der Waals surface area contributed by atoms with Crippen LogP contribution in [-0.2, 0) is 0 Å². The molecule has 0 unspecified atom stereocenters. The van der Waals surface area contributed by atoms with Crippen LogP contribution in [0.1, 0.15) is 0 Å². The molecule has 0 aliphatic rings. The van der Waals surface area contributed by atoms with Crippen molar-refractivity contribution in [3.63, 3.8) is 0 Å². The number of rotatable bonds is 1. The molecule has 2 aromatic rings. The van der Waals surface area contributed by atoms with Crippen LogP contribution in [-0.4, -0.2) is 0 Å². The second kappa shape index (κ2) is 3.95. The van der Waals surface area contributed by atoms with Crippen LogP contribution in [0.25, 0.3) is 11.1 Å². The van der Waals surface area contributed by atoms with Crippen molar-refractivity contribution in [3.05, 3.63) is 44.0 Å². The third kappa shape index (κ3) is 1.87. The molecule has 1 aromatic heterocycles. The van der Waals surface area contributed by atoms with Crippen LogP contribution >= 0.6 is 43.2 Å². The van der Waals surface area contributed by atoms with Crippen molar-refractivity contribution in [1.82, 2.24) is 0 Å². The average Bonchev–Trinajstić information content (AvgIpc) is 2.62. The van der Waals surface area contributed by atoms with Crippen molar-refractivity contribution >= 4 is 43.2 Å². The highest BCUT2D eigenvalue weighted by Gasteiger charge is 2.05. The molecule has 0 atom stereocenters. The van der Waals surface area contributed by atoms with Gasteiger partial charge in [-0.1, -0.05) is 12.1 Å². The minimum atomic E-state index is 1.08. The van der Waals surface area contributed by atoms with E-state index in [1.54, 1.807) is 11.3 Å². The van der Waals surface area contributed by atoms with Crippen molar-refractivity contribution in [2.75, 3.05) is 0 Å². The van der Waals surface area contributed by atoms with Gasteiger partial charge in [0.15, 0.2) is 0 Å². The summed E-state index contributed by atoms with van der Waals surface area (Å²) >= 11 is 8.61. The van der Waals surface area contributed by atoms with Gasteiger partial charge in [-0.15, -0.1) is 11.3 Å². The summed E-state index contributed by atoms with van der Waals surface area (Å²) < 4.78 is 2.18. The first-order valence-electron chi connectivity index (χ1n) is 3.68. The Hall–Kier alpha value is -0.120. The van der Waals surface area contributed by atoms with Crippen molar-refractivity contribution < 1.29 is 0 Å². The van der Waals surface area contributed by atoms with Crippen LogP contribution in [0.3, 0.4) is 0 Å².